The van der Waals surface area contributed by atoms with E-state index in [1.807, 2.05) is 4.90 Å². The van der Waals surface area contributed by atoms with Gasteiger partial charge in [0.25, 0.3) is 0 Å². The maximum atomic E-state index is 13.1. The number of rotatable bonds is 7. The standard InChI is InChI=1S/C29H42N8O/c38-29(30-22-25-11-8-16-37(25)23-24-9-2-1-3-10-24)36-19-17-34(18-20-36)27-21-26(33-12-4-5-13-33)31-28(32-27)35-14-6-7-15-35/h1-3,9-10,21,25H,4-8,11-20,22-23H2,(H,30,38)/t25-/m0/s1. The fraction of sp³-hybridized carbons (Fsp3) is 0.621. The van der Waals surface area contributed by atoms with Crippen LogP contribution in [0, 0.1) is 0 Å². The van der Waals surface area contributed by atoms with Gasteiger partial charge in [-0.15, -0.1) is 0 Å². The lowest BCUT2D eigenvalue weighted by Crippen LogP contribution is -2.53. The van der Waals surface area contributed by atoms with Crippen LogP contribution < -0.4 is 20.0 Å². The van der Waals surface area contributed by atoms with Crippen molar-refractivity contribution in [3.05, 3.63) is 42.0 Å². The van der Waals surface area contributed by atoms with E-state index in [4.69, 9.17) is 9.97 Å². The maximum absolute atomic E-state index is 13.1. The first-order valence-electron chi connectivity index (χ1n) is 14.7. The fourth-order valence-corrected chi connectivity index (χ4v) is 6.35. The van der Waals surface area contributed by atoms with Crippen LogP contribution >= 0.6 is 0 Å². The van der Waals surface area contributed by atoms with Crippen LogP contribution in [0.2, 0.25) is 0 Å². The third kappa shape index (κ3) is 5.82. The van der Waals surface area contributed by atoms with E-state index in [-0.39, 0.29) is 6.03 Å². The van der Waals surface area contributed by atoms with Crippen molar-refractivity contribution >= 4 is 23.6 Å². The Morgan fingerprint density at radius 3 is 2.08 bits per heavy atom. The highest BCUT2D eigenvalue weighted by atomic mass is 16.2. The third-order valence-electron chi connectivity index (χ3n) is 8.61. The summed E-state index contributed by atoms with van der Waals surface area (Å²) in [4.78, 5) is 34.6. The van der Waals surface area contributed by atoms with Crippen molar-refractivity contribution in [2.75, 3.05) is 80.1 Å². The van der Waals surface area contributed by atoms with Crippen LogP contribution in [0.4, 0.5) is 22.4 Å². The van der Waals surface area contributed by atoms with Gasteiger partial charge in [-0.2, -0.15) is 9.97 Å². The number of likely N-dealkylation sites (tertiary alicyclic amines) is 1. The average Bonchev–Trinajstić information content (AvgIpc) is 3.76. The molecule has 4 aliphatic heterocycles. The number of urea groups is 1. The number of nitrogens with one attached hydrogen (secondary N) is 1. The van der Waals surface area contributed by atoms with Gasteiger partial charge in [0, 0.05) is 77.6 Å². The van der Waals surface area contributed by atoms with E-state index in [1.54, 1.807) is 0 Å². The quantitative estimate of drug-likeness (QED) is 0.604. The molecular formula is C29H42N8O. The summed E-state index contributed by atoms with van der Waals surface area (Å²) < 4.78 is 0. The first-order valence-corrected chi connectivity index (χ1v) is 14.7. The maximum Gasteiger partial charge on any atom is 0.317 e. The number of amides is 2. The smallest absolute Gasteiger partial charge is 0.317 e. The van der Waals surface area contributed by atoms with Gasteiger partial charge in [-0.3, -0.25) is 4.90 Å². The molecule has 5 heterocycles. The van der Waals surface area contributed by atoms with E-state index in [0.717, 1.165) is 82.9 Å². The second-order valence-corrected chi connectivity index (χ2v) is 11.2. The lowest BCUT2D eigenvalue weighted by Gasteiger charge is -2.36. The van der Waals surface area contributed by atoms with Gasteiger partial charge in [-0.25, -0.2) is 4.79 Å². The molecule has 1 atom stereocenters. The monoisotopic (exact) mass is 518 g/mol. The molecule has 1 aromatic carbocycles. The Morgan fingerprint density at radius 1 is 0.763 bits per heavy atom. The highest BCUT2D eigenvalue weighted by Crippen LogP contribution is 2.28. The minimum absolute atomic E-state index is 0.0643. The predicted molar refractivity (Wildman–Crippen MR) is 152 cm³/mol. The lowest BCUT2D eigenvalue weighted by atomic mass is 10.2. The number of piperazine rings is 1. The van der Waals surface area contributed by atoms with E-state index in [9.17, 15) is 4.79 Å². The molecule has 2 amide bonds. The lowest BCUT2D eigenvalue weighted by molar-refractivity contribution is 0.186. The van der Waals surface area contributed by atoms with Crippen molar-refractivity contribution in [1.29, 1.82) is 0 Å². The molecule has 4 fully saturated rings. The van der Waals surface area contributed by atoms with Crippen molar-refractivity contribution in [2.24, 2.45) is 0 Å². The number of hydrogen-bond acceptors (Lipinski definition) is 7. The Balaban J connectivity index is 1.04. The normalized spacial score (nSPS) is 22.5. The van der Waals surface area contributed by atoms with Gasteiger partial charge in [0.15, 0.2) is 0 Å². The largest absolute Gasteiger partial charge is 0.356 e. The Morgan fingerprint density at radius 2 is 1.39 bits per heavy atom. The molecule has 0 unspecified atom stereocenters. The number of carbonyl (C=O) groups is 1. The van der Waals surface area contributed by atoms with Gasteiger partial charge in [-0.1, -0.05) is 30.3 Å². The van der Waals surface area contributed by atoms with Crippen LogP contribution in [0.1, 0.15) is 44.1 Å². The number of nitrogens with zero attached hydrogens (tertiary/aromatic N) is 7. The van der Waals surface area contributed by atoms with Crippen LogP contribution in [0.15, 0.2) is 36.4 Å². The molecule has 38 heavy (non-hydrogen) atoms. The van der Waals surface area contributed by atoms with Crippen LogP contribution in [0.25, 0.3) is 0 Å². The molecule has 0 bridgehead atoms. The molecule has 6 rings (SSSR count). The molecule has 0 spiro atoms. The van der Waals surface area contributed by atoms with Crippen molar-refractivity contribution in [2.45, 2.75) is 51.1 Å². The summed E-state index contributed by atoms with van der Waals surface area (Å²) >= 11 is 0. The summed E-state index contributed by atoms with van der Waals surface area (Å²) in [6, 6.07) is 13.3. The molecule has 9 heteroatoms. The second kappa shape index (κ2) is 11.8. The second-order valence-electron chi connectivity index (χ2n) is 11.2. The molecule has 0 radical (unpaired) electrons. The van der Waals surface area contributed by atoms with Gasteiger partial charge in [-0.05, 0) is 50.6 Å². The van der Waals surface area contributed by atoms with Crippen LogP contribution in [0.3, 0.4) is 0 Å². The van der Waals surface area contributed by atoms with Crippen LogP contribution in [-0.4, -0.2) is 97.3 Å². The number of anilines is 3. The van der Waals surface area contributed by atoms with E-state index in [2.05, 4.69) is 61.3 Å². The van der Waals surface area contributed by atoms with Gasteiger partial charge in [0.1, 0.15) is 11.6 Å². The zero-order valence-electron chi connectivity index (χ0n) is 22.6. The number of hydrogen-bond donors (Lipinski definition) is 1. The summed E-state index contributed by atoms with van der Waals surface area (Å²) in [6.07, 6.45) is 7.24. The van der Waals surface area contributed by atoms with Crippen LogP contribution in [0.5, 0.6) is 0 Å². The number of aromatic nitrogens is 2. The highest BCUT2D eigenvalue weighted by Gasteiger charge is 2.28. The van der Waals surface area contributed by atoms with Gasteiger partial charge in [0.2, 0.25) is 5.95 Å². The van der Waals surface area contributed by atoms with Crippen molar-refractivity contribution in [3.63, 3.8) is 0 Å². The molecule has 1 N–H and O–H groups in total. The van der Waals surface area contributed by atoms with E-state index in [0.29, 0.717) is 19.1 Å². The third-order valence-corrected chi connectivity index (χ3v) is 8.61. The minimum atomic E-state index is 0.0643. The molecule has 204 valence electrons. The molecule has 0 aliphatic carbocycles. The molecule has 4 saturated heterocycles. The molecular weight excluding hydrogens is 476 g/mol. The molecule has 0 saturated carbocycles. The fourth-order valence-electron chi connectivity index (χ4n) is 6.35. The Kier molecular flexibility index (Phi) is 7.81. The zero-order chi connectivity index (χ0) is 25.7. The summed E-state index contributed by atoms with van der Waals surface area (Å²) in [5.74, 6) is 2.94. The van der Waals surface area contributed by atoms with Crippen molar-refractivity contribution in [3.8, 4) is 0 Å². The average molecular weight is 519 g/mol. The van der Waals surface area contributed by atoms with E-state index in [1.165, 1.54) is 37.7 Å². The summed E-state index contributed by atoms with van der Waals surface area (Å²) in [5.41, 5.74) is 1.34. The van der Waals surface area contributed by atoms with E-state index >= 15 is 0 Å². The molecule has 1 aromatic heterocycles. The summed E-state index contributed by atoms with van der Waals surface area (Å²) in [6.45, 7) is 10.0. The van der Waals surface area contributed by atoms with Gasteiger partial charge >= 0.3 is 6.03 Å². The topological polar surface area (TPSA) is 71.1 Å². The zero-order valence-corrected chi connectivity index (χ0v) is 22.6. The minimum Gasteiger partial charge on any atom is -0.356 e. The Bertz CT molecular complexity index is 1030. The predicted octanol–water partition coefficient (Wildman–Crippen LogP) is 3.17. The first kappa shape index (κ1) is 25.2. The molecule has 4 aliphatic rings. The summed E-state index contributed by atoms with van der Waals surface area (Å²) in [5, 5.41) is 3.24. The Hall–Kier alpha value is -3.07. The van der Waals surface area contributed by atoms with Gasteiger partial charge < -0.3 is 24.9 Å². The number of carbonyl (C=O) groups excluding carboxylic acids is 1. The number of benzene rings is 1. The molecule has 9 nitrogen and oxygen atoms in total. The van der Waals surface area contributed by atoms with Crippen molar-refractivity contribution < 1.29 is 4.79 Å². The van der Waals surface area contributed by atoms with Crippen molar-refractivity contribution in [1.82, 2.24) is 25.1 Å². The SMILES string of the molecule is O=C(NC[C@@H]1CCCN1Cc1ccccc1)N1CCN(c2cc(N3CCCC3)nc(N3CCCC3)n2)CC1. The van der Waals surface area contributed by atoms with E-state index < -0.39 is 0 Å². The van der Waals surface area contributed by atoms with Gasteiger partial charge in [0.05, 0.1) is 0 Å². The molecule has 2 aromatic rings. The first-order chi connectivity index (χ1) is 18.7. The summed E-state index contributed by atoms with van der Waals surface area (Å²) in [7, 11) is 0. The Labute approximate surface area is 226 Å². The van der Waals surface area contributed by atoms with Crippen LogP contribution in [-0.2, 0) is 6.54 Å². The highest BCUT2D eigenvalue weighted by molar-refractivity contribution is 5.74.